The predicted molar refractivity (Wildman–Crippen MR) is 69.4 cm³/mol. The molecule has 2 rings (SSSR count). The Kier molecular flexibility index (Phi) is 3.91. The number of nitrogens with zero attached hydrogens (tertiary/aromatic N) is 1. The predicted octanol–water partition coefficient (Wildman–Crippen LogP) is 3.57. The van der Waals surface area contributed by atoms with Crippen LogP contribution in [0.1, 0.15) is 14.8 Å². The number of thiazole rings is 1. The molecular formula is C10H11BrN2S2. The lowest BCUT2D eigenvalue weighted by Gasteiger charge is -1.98. The van der Waals surface area contributed by atoms with Crippen LogP contribution in [0.25, 0.3) is 0 Å². The molecule has 0 aliphatic rings. The van der Waals surface area contributed by atoms with Gasteiger partial charge in [-0.3, -0.25) is 0 Å². The van der Waals surface area contributed by atoms with Gasteiger partial charge in [-0.05, 0) is 28.9 Å². The van der Waals surface area contributed by atoms with Crippen molar-refractivity contribution in [2.75, 3.05) is 0 Å². The van der Waals surface area contributed by atoms with Gasteiger partial charge in [0.25, 0.3) is 0 Å². The van der Waals surface area contributed by atoms with E-state index in [1.54, 1.807) is 22.7 Å². The Balaban J connectivity index is 1.80. The van der Waals surface area contributed by atoms with Crippen molar-refractivity contribution in [2.45, 2.75) is 20.0 Å². The first kappa shape index (κ1) is 11.3. The minimum absolute atomic E-state index is 0.855. The molecule has 80 valence electrons. The van der Waals surface area contributed by atoms with E-state index in [9.17, 15) is 0 Å². The summed E-state index contributed by atoms with van der Waals surface area (Å²) < 4.78 is 1.16. The van der Waals surface area contributed by atoms with Gasteiger partial charge in [0.15, 0.2) is 0 Å². The van der Waals surface area contributed by atoms with Crippen molar-refractivity contribution in [1.82, 2.24) is 10.3 Å². The molecule has 0 fully saturated rings. The van der Waals surface area contributed by atoms with Crippen molar-refractivity contribution in [1.29, 1.82) is 0 Å². The lowest BCUT2D eigenvalue weighted by atomic mass is 10.4. The summed E-state index contributed by atoms with van der Waals surface area (Å²) in [6.07, 6.45) is 1.92. The SMILES string of the molecule is Cc1cnc(CNCc2cc(Br)cs2)s1. The highest BCUT2D eigenvalue weighted by Crippen LogP contribution is 2.19. The molecule has 15 heavy (non-hydrogen) atoms. The zero-order chi connectivity index (χ0) is 10.7. The van der Waals surface area contributed by atoms with Crippen LogP contribution in [0, 0.1) is 6.92 Å². The molecule has 2 aromatic rings. The Morgan fingerprint density at radius 2 is 2.33 bits per heavy atom. The van der Waals surface area contributed by atoms with Crippen molar-refractivity contribution < 1.29 is 0 Å². The molecule has 5 heteroatoms. The quantitative estimate of drug-likeness (QED) is 0.934. The number of halogens is 1. The van der Waals surface area contributed by atoms with Crippen molar-refractivity contribution in [3.05, 3.63) is 36.9 Å². The molecule has 0 atom stereocenters. The molecule has 0 saturated carbocycles. The van der Waals surface area contributed by atoms with Crippen molar-refractivity contribution in [3.63, 3.8) is 0 Å². The highest BCUT2D eigenvalue weighted by atomic mass is 79.9. The van der Waals surface area contributed by atoms with Gasteiger partial charge < -0.3 is 5.32 Å². The normalized spacial score (nSPS) is 10.8. The third kappa shape index (κ3) is 3.38. The molecule has 0 unspecified atom stereocenters. The second kappa shape index (κ2) is 5.21. The van der Waals surface area contributed by atoms with Crippen LogP contribution in [-0.4, -0.2) is 4.98 Å². The monoisotopic (exact) mass is 302 g/mol. The molecule has 0 spiro atoms. The molecule has 0 aliphatic heterocycles. The van der Waals surface area contributed by atoms with Crippen molar-refractivity contribution >= 4 is 38.6 Å². The molecule has 0 aromatic carbocycles. The largest absolute Gasteiger partial charge is 0.306 e. The van der Waals surface area contributed by atoms with E-state index >= 15 is 0 Å². The van der Waals surface area contributed by atoms with Crippen LogP contribution in [0.3, 0.4) is 0 Å². The third-order valence-electron chi connectivity index (χ3n) is 1.87. The second-order valence-corrected chi connectivity index (χ2v) is 6.43. The van der Waals surface area contributed by atoms with Gasteiger partial charge in [-0.2, -0.15) is 0 Å². The number of thiophene rings is 1. The summed E-state index contributed by atoms with van der Waals surface area (Å²) in [4.78, 5) is 6.91. The second-order valence-electron chi connectivity index (χ2n) is 3.20. The fourth-order valence-corrected chi connectivity index (χ4v) is 3.40. The maximum atomic E-state index is 4.30. The van der Waals surface area contributed by atoms with Crippen molar-refractivity contribution in [3.8, 4) is 0 Å². The lowest BCUT2D eigenvalue weighted by Crippen LogP contribution is -2.11. The van der Waals surface area contributed by atoms with Gasteiger partial charge in [0.1, 0.15) is 5.01 Å². The smallest absolute Gasteiger partial charge is 0.107 e. The topological polar surface area (TPSA) is 24.9 Å². The molecule has 0 bridgehead atoms. The maximum Gasteiger partial charge on any atom is 0.107 e. The van der Waals surface area contributed by atoms with Crippen LogP contribution < -0.4 is 5.32 Å². The van der Waals surface area contributed by atoms with Gasteiger partial charge in [-0.15, -0.1) is 22.7 Å². The fraction of sp³-hybridized carbons (Fsp3) is 0.300. The number of rotatable bonds is 4. The number of hydrogen-bond donors (Lipinski definition) is 1. The highest BCUT2D eigenvalue weighted by Gasteiger charge is 2.00. The number of hydrogen-bond acceptors (Lipinski definition) is 4. The van der Waals surface area contributed by atoms with E-state index in [1.165, 1.54) is 9.75 Å². The summed E-state index contributed by atoms with van der Waals surface area (Å²) in [5.74, 6) is 0. The minimum Gasteiger partial charge on any atom is -0.306 e. The van der Waals surface area contributed by atoms with Crippen LogP contribution in [-0.2, 0) is 13.1 Å². The number of nitrogens with one attached hydrogen (secondary N) is 1. The third-order valence-corrected chi connectivity index (χ3v) is 4.48. The average molecular weight is 303 g/mol. The summed E-state index contributed by atoms with van der Waals surface area (Å²) >= 11 is 6.96. The zero-order valence-electron chi connectivity index (χ0n) is 8.29. The minimum atomic E-state index is 0.855. The Hall–Kier alpha value is -0.230. The van der Waals surface area contributed by atoms with Gasteiger partial charge >= 0.3 is 0 Å². The van der Waals surface area contributed by atoms with Crippen LogP contribution in [0.5, 0.6) is 0 Å². The number of aromatic nitrogens is 1. The summed E-state index contributed by atoms with van der Waals surface area (Å²) in [5, 5.41) is 6.64. The average Bonchev–Trinajstić information content (AvgIpc) is 2.76. The molecular weight excluding hydrogens is 292 g/mol. The van der Waals surface area contributed by atoms with E-state index in [0.29, 0.717) is 0 Å². The molecule has 0 amide bonds. The van der Waals surface area contributed by atoms with Gasteiger partial charge in [0.05, 0.1) is 0 Å². The van der Waals surface area contributed by atoms with E-state index in [2.05, 4.69) is 44.6 Å². The molecule has 2 heterocycles. The Morgan fingerprint density at radius 3 is 2.93 bits per heavy atom. The van der Waals surface area contributed by atoms with E-state index in [0.717, 1.165) is 22.6 Å². The van der Waals surface area contributed by atoms with Crippen molar-refractivity contribution in [2.24, 2.45) is 0 Å². The Morgan fingerprint density at radius 1 is 1.47 bits per heavy atom. The fourth-order valence-electron chi connectivity index (χ4n) is 1.22. The van der Waals surface area contributed by atoms with E-state index < -0.39 is 0 Å². The van der Waals surface area contributed by atoms with E-state index in [1.807, 2.05) is 6.20 Å². The molecule has 2 aromatic heterocycles. The summed E-state index contributed by atoms with van der Waals surface area (Å²) in [7, 11) is 0. The summed E-state index contributed by atoms with van der Waals surface area (Å²) in [6.45, 7) is 3.85. The van der Waals surface area contributed by atoms with Gasteiger partial charge in [0.2, 0.25) is 0 Å². The van der Waals surface area contributed by atoms with E-state index in [-0.39, 0.29) is 0 Å². The summed E-state index contributed by atoms with van der Waals surface area (Å²) in [6, 6.07) is 2.14. The van der Waals surface area contributed by atoms with Gasteiger partial charge in [-0.1, -0.05) is 0 Å². The lowest BCUT2D eigenvalue weighted by molar-refractivity contribution is 0.697. The van der Waals surface area contributed by atoms with Crippen LogP contribution in [0.2, 0.25) is 0 Å². The first-order valence-electron chi connectivity index (χ1n) is 4.59. The first-order chi connectivity index (χ1) is 7.24. The molecule has 1 N–H and O–H groups in total. The molecule has 0 aliphatic carbocycles. The molecule has 0 saturated heterocycles. The Bertz CT molecular complexity index is 396. The van der Waals surface area contributed by atoms with Gasteiger partial charge in [0, 0.05) is 38.9 Å². The standard InChI is InChI=1S/C10H11BrN2S2/c1-7-3-13-10(15-7)5-12-4-9-2-8(11)6-14-9/h2-3,6,12H,4-5H2,1H3. The van der Waals surface area contributed by atoms with Crippen LogP contribution in [0.4, 0.5) is 0 Å². The van der Waals surface area contributed by atoms with Gasteiger partial charge in [-0.25, -0.2) is 4.98 Å². The summed E-state index contributed by atoms with van der Waals surface area (Å²) in [5.41, 5.74) is 0. The number of aryl methyl sites for hydroxylation is 1. The van der Waals surface area contributed by atoms with E-state index in [4.69, 9.17) is 0 Å². The molecule has 2 nitrogen and oxygen atoms in total. The Labute approximate surface area is 106 Å². The van der Waals surface area contributed by atoms with Crippen LogP contribution >= 0.6 is 38.6 Å². The zero-order valence-corrected chi connectivity index (χ0v) is 11.5. The van der Waals surface area contributed by atoms with Crippen LogP contribution in [0.15, 0.2) is 22.1 Å². The first-order valence-corrected chi connectivity index (χ1v) is 7.08. The molecule has 0 radical (unpaired) electrons. The highest BCUT2D eigenvalue weighted by molar-refractivity contribution is 9.10. The maximum absolute atomic E-state index is 4.30.